The Morgan fingerprint density at radius 2 is 2.07 bits per heavy atom. The molecule has 0 aliphatic rings. The Balaban J connectivity index is 2.34. The van der Waals surface area contributed by atoms with E-state index >= 15 is 0 Å². The second-order valence-corrected chi connectivity index (χ2v) is 7.06. The van der Waals surface area contributed by atoms with Crippen molar-refractivity contribution in [3.8, 4) is 11.5 Å². The van der Waals surface area contributed by atoms with E-state index in [0.717, 1.165) is 5.75 Å². The molecule has 2 aromatic rings. The van der Waals surface area contributed by atoms with Crippen LogP contribution in [-0.2, 0) is 11.2 Å². The average Bonchev–Trinajstić information content (AvgIpc) is 2.67. The molecular weight excluding hydrogens is 370 g/mol. The van der Waals surface area contributed by atoms with Crippen molar-refractivity contribution < 1.29 is 23.8 Å². The molecule has 8 heteroatoms. The van der Waals surface area contributed by atoms with E-state index in [4.69, 9.17) is 13.9 Å². The van der Waals surface area contributed by atoms with E-state index in [9.17, 15) is 14.7 Å². The van der Waals surface area contributed by atoms with Crippen molar-refractivity contribution in [2.75, 3.05) is 32.8 Å². The van der Waals surface area contributed by atoms with Crippen molar-refractivity contribution in [2.45, 2.75) is 25.8 Å². The first-order valence-corrected chi connectivity index (χ1v) is 9.92. The van der Waals surface area contributed by atoms with Crippen molar-refractivity contribution in [2.24, 2.45) is 0 Å². The number of amides is 1. The Bertz CT molecular complexity index is 863. The Morgan fingerprint density at radius 1 is 1.33 bits per heavy atom. The number of ether oxygens (including phenoxy) is 2. The van der Waals surface area contributed by atoms with Gasteiger partial charge in [0.15, 0.2) is 11.3 Å². The van der Waals surface area contributed by atoms with Gasteiger partial charge < -0.3 is 24.3 Å². The monoisotopic (exact) mass is 395 g/mol. The summed E-state index contributed by atoms with van der Waals surface area (Å²) in [5, 5.41) is 12.8. The highest BCUT2D eigenvalue weighted by molar-refractivity contribution is 7.98. The zero-order valence-corrected chi connectivity index (χ0v) is 16.8. The first-order valence-electron chi connectivity index (χ1n) is 8.53. The smallest absolute Gasteiger partial charge is 0.340 e. The fourth-order valence-electron chi connectivity index (χ4n) is 2.88. The molecule has 2 rings (SSSR count). The van der Waals surface area contributed by atoms with Crippen LogP contribution in [0.2, 0.25) is 0 Å². The third-order valence-corrected chi connectivity index (χ3v) is 5.04. The quantitative estimate of drug-likeness (QED) is 0.626. The van der Waals surface area contributed by atoms with Crippen LogP contribution in [-0.4, -0.2) is 49.9 Å². The van der Waals surface area contributed by atoms with Crippen LogP contribution in [0.1, 0.15) is 17.5 Å². The summed E-state index contributed by atoms with van der Waals surface area (Å²) in [5.41, 5.74) is 0.638. The van der Waals surface area contributed by atoms with E-state index < -0.39 is 5.63 Å². The van der Waals surface area contributed by atoms with Crippen LogP contribution < -0.4 is 20.4 Å². The van der Waals surface area contributed by atoms with Crippen molar-refractivity contribution in [1.82, 2.24) is 5.32 Å². The molecule has 1 atom stereocenters. The summed E-state index contributed by atoms with van der Waals surface area (Å²) in [6.07, 6.45) is 2.50. The molecule has 0 saturated carbocycles. The number of rotatable bonds is 9. The van der Waals surface area contributed by atoms with Crippen LogP contribution in [0.4, 0.5) is 0 Å². The van der Waals surface area contributed by atoms with E-state index in [1.54, 1.807) is 30.8 Å². The van der Waals surface area contributed by atoms with E-state index in [-0.39, 0.29) is 36.1 Å². The van der Waals surface area contributed by atoms with Gasteiger partial charge in [-0.05, 0) is 43.0 Å². The Kier molecular flexibility index (Phi) is 7.55. The molecule has 1 heterocycles. The molecule has 1 amide bonds. The lowest BCUT2D eigenvalue weighted by molar-refractivity contribution is -0.121. The lowest BCUT2D eigenvalue weighted by Crippen LogP contribution is -2.39. The number of aliphatic hydroxyl groups excluding tert-OH is 1. The van der Waals surface area contributed by atoms with E-state index in [2.05, 4.69) is 5.32 Å². The predicted octanol–water partition coefficient (Wildman–Crippen LogP) is 1.89. The first-order chi connectivity index (χ1) is 13.0. The highest BCUT2D eigenvalue weighted by Gasteiger charge is 2.20. The maximum Gasteiger partial charge on any atom is 0.340 e. The largest absolute Gasteiger partial charge is 0.493 e. The number of fused-ring (bicyclic) bond motifs is 1. The van der Waals surface area contributed by atoms with Crippen LogP contribution in [0.15, 0.2) is 21.3 Å². The molecule has 7 nitrogen and oxygen atoms in total. The fraction of sp³-hybridized carbons (Fsp3) is 0.474. The van der Waals surface area contributed by atoms with Gasteiger partial charge in [-0.2, -0.15) is 11.8 Å². The summed E-state index contributed by atoms with van der Waals surface area (Å²) in [7, 11) is 2.97. The molecule has 0 saturated heterocycles. The molecule has 27 heavy (non-hydrogen) atoms. The number of methoxy groups -OCH3 is 2. The van der Waals surface area contributed by atoms with Crippen LogP contribution in [0.5, 0.6) is 11.5 Å². The highest BCUT2D eigenvalue weighted by Crippen LogP contribution is 2.36. The van der Waals surface area contributed by atoms with E-state index in [1.807, 2.05) is 6.26 Å². The van der Waals surface area contributed by atoms with Crippen molar-refractivity contribution in [3.05, 3.63) is 33.7 Å². The van der Waals surface area contributed by atoms with E-state index in [1.165, 1.54) is 14.2 Å². The average molecular weight is 395 g/mol. The van der Waals surface area contributed by atoms with Crippen LogP contribution in [0.3, 0.4) is 0 Å². The van der Waals surface area contributed by atoms with Gasteiger partial charge in [0.1, 0.15) is 0 Å². The Labute approximate surface area is 162 Å². The molecule has 2 N–H and O–H groups in total. The predicted molar refractivity (Wildman–Crippen MR) is 106 cm³/mol. The number of benzene rings is 1. The van der Waals surface area contributed by atoms with Gasteiger partial charge >= 0.3 is 5.63 Å². The fourth-order valence-corrected chi connectivity index (χ4v) is 3.40. The molecule has 1 aromatic heterocycles. The summed E-state index contributed by atoms with van der Waals surface area (Å²) in [4.78, 5) is 24.8. The lowest BCUT2D eigenvalue weighted by atomic mass is 10.0. The summed E-state index contributed by atoms with van der Waals surface area (Å²) in [6, 6.07) is 3.16. The number of nitrogens with one attached hydrogen (secondary N) is 1. The van der Waals surface area contributed by atoms with Gasteiger partial charge in [0.25, 0.3) is 0 Å². The summed E-state index contributed by atoms with van der Waals surface area (Å²) in [6.45, 7) is 1.62. The molecule has 0 aliphatic carbocycles. The minimum atomic E-state index is -0.591. The second kappa shape index (κ2) is 9.66. The first kappa shape index (κ1) is 21.1. The van der Waals surface area contributed by atoms with Gasteiger partial charge in [-0.25, -0.2) is 4.79 Å². The van der Waals surface area contributed by atoms with Gasteiger partial charge in [0.2, 0.25) is 11.7 Å². The molecule has 0 aliphatic heterocycles. The molecule has 148 valence electrons. The minimum absolute atomic E-state index is 0.117. The number of hydrogen-bond acceptors (Lipinski definition) is 7. The number of carbonyl (C=O) groups excluding carboxylic acids is 1. The molecule has 0 fully saturated rings. The Morgan fingerprint density at radius 3 is 2.67 bits per heavy atom. The molecule has 1 unspecified atom stereocenters. The molecule has 1 aromatic carbocycles. The highest BCUT2D eigenvalue weighted by atomic mass is 32.2. The van der Waals surface area contributed by atoms with E-state index in [0.29, 0.717) is 28.9 Å². The number of carbonyl (C=O) groups is 1. The topological polar surface area (TPSA) is 98.0 Å². The zero-order chi connectivity index (χ0) is 20.0. The third-order valence-electron chi connectivity index (χ3n) is 4.39. The maximum absolute atomic E-state index is 12.5. The van der Waals surface area contributed by atoms with Crippen molar-refractivity contribution in [3.63, 3.8) is 0 Å². The number of aliphatic hydroxyl groups is 1. The van der Waals surface area contributed by atoms with Gasteiger partial charge in [-0.3, -0.25) is 4.79 Å². The molecule has 0 bridgehead atoms. The standard InChI is InChI=1S/C19H25NO6S/c1-11-13-5-6-15(24-2)18(25-3)17(13)26-19(23)14(11)9-16(22)20-12(10-21)7-8-27-4/h5-6,12,21H,7-10H2,1-4H3,(H,20,22). The number of thioether (sulfide) groups is 1. The van der Waals surface area contributed by atoms with Crippen LogP contribution in [0, 0.1) is 6.92 Å². The third kappa shape index (κ3) is 4.75. The molecular formula is C19H25NO6S. The summed E-state index contributed by atoms with van der Waals surface area (Å²) < 4.78 is 16.0. The van der Waals surface area contributed by atoms with Crippen LogP contribution in [0.25, 0.3) is 11.0 Å². The number of aryl methyl sites for hydroxylation is 1. The zero-order valence-electron chi connectivity index (χ0n) is 16.0. The SMILES string of the molecule is COc1ccc2c(C)c(CC(=O)NC(CO)CCSC)c(=O)oc2c1OC. The summed E-state index contributed by atoms with van der Waals surface area (Å²) >= 11 is 1.64. The Hall–Kier alpha value is -2.19. The molecule has 0 spiro atoms. The van der Waals surface area contributed by atoms with Gasteiger partial charge in [0.05, 0.1) is 38.9 Å². The van der Waals surface area contributed by atoms with Crippen molar-refractivity contribution >= 4 is 28.6 Å². The van der Waals surface area contributed by atoms with Gasteiger partial charge in [-0.1, -0.05) is 0 Å². The summed E-state index contributed by atoms with van der Waals surface area (Å²) in [5.74, 6) is 1.29. The second-order valence-electron chi connectivity index (χ2n) is 6.08. The lowest BCUT2D eigenvalue weighted by Gasteiger charge is -2.16. The van der Waals surface area contributed by atoms with Crippen LogP contribution >= 0.6 is 11.8 Å². The van der Waals surface area contributed by atoms with Crippen molar-refractivity contribution in [1.29, 1.82) is 0 Å². The number of hydrogen-bond donors (Lipinski definition) is 2. The van der Waals surface area contributed by atoms with Gasteiger partial charge in [-0.15, -0.1) is 0 Å². The van der Waals surface area contributed by atoms with Gasteiger partial charge in [0, 0.05) is 5.39 Å². The minimum Gasteiger partial charge on any atom is -0.493 e. The maximum atomic E-state index is 12.5. The molecule has 0 radical (unpaired) electrons. The normalized spacial score (nSPS) is 12.0.